The molecule has 2 heterocycles. The van der Waals surface area contributed by atoms with E-state index in [2.05, 4.69) is 18.0 Å². The molecular formula is C12H16N2OS. The summed E-state index contributed by atoms with van der Waals surface area (Å²) in [5, 5.41) is 9.33. The molecule has 2 rings (SSSR count). The Kier molecular flexibility index (Phi) is 3.85. The lowest BCUT2D eigenvalue weighted by Gasteiger charge is -2.09. The number of aromatic nitrogens is 2. The Labute approximate surface area is 99.5 Å². The number of pyridine rings is 1. The van der Waals surface area contributed by atoms with E-state index in [1.54, 1.807) is 0 Å². The number of hydrogen-bond acceptors (Lipinski definition) is 3. The highest BCUT2D eigenvalue weighted by molar-refractivity contribution is 7.99. The molecule has 16 heavy (non-hydrogen) atoms. The zero-order chi connectivity index (χ0) is 11.4. The lowest BCUT2D eigenvalue weighted by molar-refractivity contribution is 0.289. The fraction of sp³-hybridized carbons (Fsp3) is 0.417. The molecule has 0 spiro atoms. The Morgan fingerprint density at radius 3 is 3.19 bits per heavy atom. The van der Waals surface area contributed by atoms with Gasteiger partial charge in [0.1, 0.15) is 5.65 Å². The van der Waals surface area contributed by atoms with Gasteiger partial charge in [0.25, 0.3) is 0 Å². The van der Waals surface area contributed by atoms with Gasteiger partial charge in [0.05, 0.1) is 0 Å². The van der Waals surface area contributed by atoms with Crippen molar-refractivity contribution in [3.63, 3.8) is 0 Å². The first kappa shape index (κ1) is 11.5. The number of aliphatic hydroxyl groups excluding tert-OH is 1. The molecule has 86 valence electrons. The molecule has 0 aliphatic carbocycles. The predicted molar refractivity (Wildman–Crippen MR) is 67.7 cm³/mol. The summed E-state index contributed by atoms with van der Waals surface area (Å²) in [6.45, 7) is 2.41. The first-order chi connectivity index (χ1) is 7.81. The minimum absolute atomic E-state index is 0.266. The van der Waals surface area contributed by atoms with E-state index < -0.39 is 0 Å². The molecule has 0 saturated carbocycles. The minimum Gasteiger partial charge on any atom is -0.396 e. The molecule has 1 atom stereocenters. The summed E-state index contributed by atoms with van der Waals surface area (Å²) >= 11 is 1.86. The van der Waals surface area contributed by atoms with Crippen LogP contribution in [-0.4, -0.2) is 26.3 Å². The molecule has 3 nitrogen and oxygen atoms in total. The van der Waals surface area contributed by atoms with Gasteiger partial charge >= 0.3 is 0 Å². The van der Waals surface area contributed by atoms with Crippen LogP contribution in [0.4, 0.5) is 0 Å². The van der Waals surface area contributed by atoms with Gasteiger partial charge < -0.3 is 9.51 Å². The monoisotopic (exact) mass is 236 g/mol. The van der Waals surface area contributed by atoms with E-state index in [4.69, 9.17) is 5.11 Å². The average Bonchev–Trinajstić information content (AvgIpc) is 2.75. The lowest BCUT2D eigenvalue weighted by atomic mass is 10.3. The maximum atomic E-state index is 8.84. The number of nitrogens with zero attached hydrogens (tertiary/aromatic N) is 2. The highest BCUT2D eigenvalue weighted by Gasteiger charge is 2.05. The van der Waals surface area contributed by atoms with Crippen LogP contribution in [0.25, 0.3) is 5.65 Å². The molecule has 1 unspecified atom stereocenters. The Morgan fingerprint density at radius 2 is 2.38 bits per heavy atom. The summed E-state index contributed by atoms with van der Waals surface area (Å²) in [5.41, 5.74) is 2.29. The van der Waals surface area contributed by atoms with Gasteiger partial charge in [0, 0.05) is 41.8 Å². The fourth-order valence-electron chi connectivity index (χ4n) is 1.62. The molecule has 0 aromatic carbocycles. The molecule has 1 N–H and O–H groups in total. The maximum absolute atomic E-state index is 8.84. The molecule has 0 radical (unpaired) electrons. The van der Waals surface area contributed by atoms with E-state index in [-0.39, 0.29) is 6.61 Å². The van der Waals surface area contributed by atoms with Gasteiger partial charge in [-0.1, -0.05) is 13.0 Å². The highest BCUT2D eigenvalue weighted by Crippen LogP contribution is 2.21. The minimum atomic E-state index is 0.266. The van der Waals surface area contributed by atoms with E-state index in [1.165, 1.54) is 5.56 Å². The largest absolute Gasteiger partial charge is 0.396 e. The van der Waals surface area contributed by atoms with Crippen molar-refractivity contribution >= 4 is 17.4 Å². The Balaban J connectivity index is 2.06. The van der Waals surface area contributed by atoms with Crippen LogP contribution in [-0.2, 0) is 5.75 Å². The molecule has 0 fully saturated rings. The van der Waals surface area contributed by atoms with E-state index in [1.807, 2.05) is 40.8 Å². The topological polar surface area (TPSA) is 37.5 Å². The number of imidazole rings is 1. The second-order valence-electron chi connectivity index (χ2n) is 3.83. The first-order valence-corrected chi connectivity index (χ1v) is 6.49. The van der Waals surface area contributed by atoms with Crippen LogP contribution in [0.3, 0.4) is 0 Å². The van der Waals surface area contributed by atoms with Crippen LogP contribution >= 0.6 is 11.8 Å². The Morgan fingerprint density at radius 1 is 1.50 bits per heavy atom. The maximum Gasteiger partial charge on any atom is 0.140 e. The molecule has 4 heteroatoms. The summed E-state index contributed by atoms with van der Waals surface area (Å²) < 4.78 is 2.03. The summed E-state index contributed by atoms with van der Waals surface area (Å²) in [6, 6.07) is 4.16. The molecule has 0 aliphatic rings. The second kappa shape index (κ2) is 5.37. The zero-order valence-electron chi connectivity index (χ0n) is 9.34. The van der Waals surface area contributed by atoms with E-state index >= 15 is 0 Å². The summed E-state index contributed by atoms with van der Waals surface area (Å²) in [5.74, 6) is 0.947. The number of rotatable bonds is 5. The molecule has 2 aromatic rings. The van der Waals surface area contributed by atoms with Gasteiger partial charge in [0.2, 0.25) is 0 Å². The molecular weight excluding hydrogens is 220 g/mol. The SMILES string of the molecule is CC(CCO)SCc1cccn2ccnc12. The standard InChI is InChI=1S/C12H16N2OS/c1-10(4-8-15)16-9-11-3-2-6-14-7-5-13-12(11)14/h2-3,5-7,10,15H,4,8-9H2,1H3. The summed E-state index contributed by atoms with van der Waals surface area (Å²) in [4.78, 5) is 4.34. The van der Waals surface area contributed by atoms with Crippen molar-refractivity contribution in [1.29, 1.82) is 0 Å². The highest BCUT2D eigenvalue weighted by atomic mass is 32.2. The Bertz CT molecular complexity index is 455. The Hall–Kier alpha value is -1.00. The van der Waals surface area contributed by atoms with Crippen molar-refractivity contribution < 1.29 is 5.11 Å². The molecule has 0 amide bonds. The number of hydrogen-bond donors (Lipinski definition) is 1. The van der Waals surface area contributed by atoms with Gasteiger partial charge in [-0.3, -0.25) is 0 Å². The van der Waals surface area contributed by atoms with Crippen LogP contribution in [0.5, 0.6) is 0 Å². The van der Waals surface area contributed by atoms with Gasteiger partial charge in [0.15, 0.2) is 0 Å². The van der Waals surface area contributed by atoms with Crippen LogP contribution in [0.15, 0.2) is 30.7 Å². The van der Waals surface area contributed by atoms with E-state index in [0.717, 1.165) is 17.8 Å². The third-order valence-electron chi connectivity index (χ3n) is 2.56. The van der Waals surface area contributed by atoms with Crippen molar-refractivity contribution in [3.8, 4) is 0 Å². The second-order valence-corrected chi connectivity index (χ2v) is 5.25. The van der Waals surface area contributed by atoms with Gasteiger partial charge in [-0.05, 0) is 12.5 Å². The van der Waals surface area contributed by atoms with Crippen molar-refractivity contribution in [3.05, 3.63) is 36.3 Å². The lowest BCUT2D eigenvalue weighted by Crippen LogP contribution is -2.00. The van der Waals surface area contributed by atoms with Crippen molar-refractivity contribution in [2.75, 3.05) is 6.61 Å². The number of thioether (sulfide) groups is 1. The van der Waals surface area contributed by atoms with Crippen molar-refractivity contribution in [1.82, 2.24) is 9.38 Å². The first-order valence-electron chi connectivity index (χ1n) is 5.44. The summed E-state index contributed by atoms with van der Waals surface area (Å²) in [7, 11) is 0. The predicted octanol–water partition coefficient (Wildman–Crippen LogP) is 2.34. The molecule has 2 aromatic heterocycles. The van der Waals surface area contributed by atoms with Crippen LogP contribution < -0.4 is 0 Å². The summed E-state index contributed by atoms with van der Waals surface area (Å²) in [6.07, 6.45) is 6.64. The van der Waals surface area contributed by atoms with Crippen LogP contribution in [0.1, 0.15) is 18.9 Å². The molecule has 0 bridgehead atoms. The van der Waals surface area contributed by atoms with Gasteiger partial charge in [-0.15, -0.1) is 0 Å². The third-order valence-corrected chi connectivity index (χ3v) is 3.84. The average molecular weight is 236 g/mol. The normalized spacial score (nSPS) is 13.1. The van der Waals surface area contributed by atoms with E-state index in [9.17, 15) is 0 Å². The number of fused-ring (bicyclic) bond motifs is 1. The molecule has 0 aliphatic heterocycles. The number of aliphatic hydroxyl groups is 1. The third kappa shape index (κ3) is 2.57. The van der Waals surface area contributed by atoms with Gasteiger partial charge in [-0.25, -0.2) is 4.98 Å². The quantitative estimate of drug-likeness (QED) is 0.866. The van der Waals surface area contributed by atoms with Crippen molar-refractivity contribution in [2.24, 2.45) is 0 Å². The zero-order valence-corrected chi connectivity index (χ0v) is 10.2. The molecule has 0 saturated heterocycles. The van der Waals surface area contributed by atoms with Crippen LogP contribution in [0, 0.1) is 0 Å². The van der Waals surface area contributed by atoms with Crippen molar-refractivity contribution in [2.45, 2.75) is 24.3 Å². The fourth-order valence-corrected chi connectivity index (χ4v) is 2.58. The smallest absolute Gasteiger partial charge is 0.140 e. The van der Waals surface area contributed by atoms with Gasteiger partial charge in [-0.2, -0.15) is 11.8 Å². The van der Waals surface area contributed by atoms with Crippen LogP contribution in [0.2, 0.25) is 0 Å². The van der Waals surface area contributed by atoms with E-state index in [0.29, 0.717) is 5.25 Å².